The van der Waals surface area contributed by atoms with Crippen molar-refractivity contribution in [3.63, 3.8) is 0 Å². The molecule has 0 fully saturated rings. The number of hydrogen-bond donors (Lipinski definition) is 0. The van der Waals surface area contributed by atoms with Gasteiger partial charge in [0.2, 0.25) is 0 Å². The number of para-hydroxylation sites is 1. The Labute approximate surface area is 125 Å². The zero-order valence-electron chi connectivity index (χ0n) is 11.7. The predicted octanol–water partition coefficient (Wildman–Crippen LogP) is 4.05. The SMILES string of the molecule is COc1ccccc1-c1ccc(C(F)(F)F)cc1COC=O. The van der Waals surface area contributed by atoms with Gasteiger partial charge in [-0.1, -0.05) is 24.3 Å². The summed E-state index contributed by atoms with van der Waals surface area (Å²) in [6, 6.07) is 10.3. The highest BCUT2D eigenvalue weighted by Crippen LogP contribution is 2.36. The summed E-state index contributed by atoms with van der Waals surface area (Å²) in [5.74, 6) is 0.523. The highest BCUT2D eigenvalue weighted by molar-refractivity contribution is 5.73. The molecule has 3 nitrogen and oxygen atoms in total. The maximum Gasteiger partial charge on any atom is 0.416 e. The molecular formula is C16H13F3O3. The zero-order chi connectivity index (χ0) is 16.2. The number of ether oxygens (including phenoxy) is 2. The second-order valence-electron chi connectivity index (χ2n) is 4.48. The van der Waals surface area contributed by atoms with Gasteiger partial charge in [0.1, 0.15) is 12.4 Å². The Morgan fingerprint density at radius 3 is 2.45 bits per heavy atom. The van der Waals surface area contributed by atoms with Crippen LogP contribution in [0.25, 0.3) is 11.1 Å². The quantitative estimate of drug-likeness (QED) is 0.781. The molecule has 0 atom stereocenters. The molecule has 6 heteroatoms. The van der Waals surface area contributed by atoms with Crippen LogP contribution in [0.5, 0.6) is 5.75 Å². The minimum absolute atomic E-state index is 0.201. The highest BCUT2D eigenvalue weighted by atomic mass is 19.4. The maximum absolute atomic E-state index is 12.8. The van der Waals surface area contributed by atoms with Crippen LogP contribution in [0.15, 0.2) is 42.5 Å². The van der Waals surface area contributed by atoms with Gasteiger partial charge in [0, 0.05) is 5.56 Å². The van der Waals surface area contributed by atoms with Gasteiger partial charge in [-0.15, -0.1) is 0 Å². The van der Waals surface area contributed by atoms with Gasteiger partial charge in [-0.05, 0) is 29.3 Å². The van der Waals surface area contributed by atoms with Crippen molar-refractivity contribution in [2.24, 2.45) is 0 Å². The van der Waals surface area contributed by atoms with E-state index in [0.717, 1.165) is 12.1 Å². The molecule has 2 aromatic rings. The van der Waals surface area contributed by atoms with Crippen LogP contribution < -0.4 is 4.74 Å². The minimum Gasteiger partial charge on any atom is -0.496 e. The molecule has 0 aliphatic carbocycles. The fourth-order valence-corrected chi connectivity index (χ4v) is 2.14. The van der Waals surface area contributed by atoms with Gasteiger partial charge < -0.3 is 9.47 Å². The Morgan fingerprint density at radius 1 is 1.09 bits per heavy atom. The summed E-state index contributed by atoms with van der Waals surface area (Å²) >= 11 is 0. The summed E-state index contributed by atoms with van der Waals surface area (Å²) in [5, 5.41) is 0. The molecule has 0 aromatic heterocycles. The topological polar surface area (TPSA) is 35.5 Å². The summed E-state index contributed by atoms with van der Waals surface area (Å²) in [6.45, 7) is -0.0485. The standard InChI is InChI=1S/C16H13F3O3/c1-21-15-5-3-2-4-14(15)13-7-6-12(16(17,18)19)8-11(13)9-22-10-20/h2-8,10H,9H2,1H3. The Hall–Kier alpha value is -2.50. The Balaban J connectivity index is 2.56. The van der Waals surface area contributed by atoms with Crippen LogP contribution in [0.1, 0.15) is 11.1 Å². The van der Waals surface area contributed by atoms with Crippen LogP contribution >= 0.6 is 0 Å². The highest BCUT2D eigenvalue weighted by Gasteiger charge is 2.31. The number of hydrogen-bond acceptors (Lipinski definition) is 3. The molecular weight excluding hydrogens is 297 g/mol. The van der Waals surface area contributed by atoms with Crippen molar-refractivity contribution >= 4 is 6.47 Å². The summed E-state index contributed by atoms with van der Waals surface area (Å²) in [5.41, 5.74) is 0.609. The smallest absolute Gasteiger partial charge is 0.416 e. The van der Waals surface area contributed by atoms with Crippen molar-refractivity contribution in [1.82, 2.24) is 0 Å². The molecule has 22 heavy (non-hydrogen) atoms. The third-order valence-corrected chi connectivity index (χ3v) is 3.14. The zero-order valence-corrected chi connectivity index (χ0v) is 11.7. The molecule has 0 spiro atoms. The van der Waals surface area contributed by atoms with E-state index in [9.17, 15) is 18.0 Å². The van der Waals surface area contributed by atoms with Gasteiger partial charge in [0.15, 0.2) is 0 Å². The largest absolute Gasteiger partial charge is 0.496 e. The van der Waals surface area contributed by atoms with Crippen LogP contribution in [0.3, 0.4) is 0 Å². The van der Waals surface area contributed by atoms with Crippen molar-refractivity contribution in [2.75, 3.05) is 7.11 Å². The molecule has 0 amide bonds. The van der Waals surface area contributed by atoms with Crippen molar-refractivity contribution in [1.29, 1.82) is 0 Å². The van der Waals surface area contributed by atoms with E-state index < -0.39 is 11.7 Å². The van der Waals surface area contributed by atoms with Crippen molar-refractivity contribution in [3.05, 3.63) is 53.6 Å². The van der Waals surface area contributed by atoms with Crippen LogP contribution in [0.4, 0.5) is 13.2 Å². The van der Waals surface area contributed by atoms with Crippen molar-refractivity contribution in [3.8, 4) is 16.9 Å². The van der Waals surface area contributed by atoms with E-state index in [1.165, 1.54) is 13.2 Å². The molecule has 0 saturated heterocycles. The van der Waals surface area contributed by atoms with E-state index in [1.54, 1.807) is 24.3 Å². The molecule has 2 rings (SSSR count). The number of methoxy groups -OCH3 is 1. The molecule has 0 unspecified atom stereocenters. The molecule has 116 valence electrons. The molecule has 0 radical (unpaired) electrons. The Morgan fingerprint density at radius 2 is 1.82 bits per heavy atom. The summed E-state index contributed by atoms with van der Waals surface area (Å²) < 4.78 is 48.4. The number of carbonyl (C=O) groups excluding carboxylic acids is 1. The van der Waals surface area contributed by atoms with Crippen molar-refractivity contribution < 1.29 is 27.4 Å². The predicted molar refractivity (Wildman–Crippen MR) is 74.3 cm³/mol. The molecule has 0 aliphatic rings. The first-order valence-electron chi connectivity index (χ1n) is 6.36. The molecule has 0 bridgehead atoms. The molecule has 0 N–H and O–H groups in total. The fourth-order valence-electron chi connectivity index (χ4n) is 2.14. The average molecular weight is 310 g/mol. The Bertz CT molecular complexity index is 666. The van der Waals surface area contributed by atoms with E-state index in [-0.39, 0.29) is 18.6 Å². The number of rotatable bonds is 5. The van der Waals surface area contributed by atoms with Gasteiger partial charge in [0.25, 0.3) is 6.47 Å². The van der Waals surface area contributed by atoms with Gasteiger partial charge in [0.05, 0.1) is 12.7 Å². The normalized spacial score (nSPS) is 11.1. The van der Waals surface area contributed by atoms with Crippen LogP contribution in [0, 0.1) is 0 Å². The monoisotopic (exact) mass is 310 g/mol. The van der Waals surface area contributed by atoms with Gasteiger partial charge in [-0.3, -0.25) is 4.79 Å². The van der Waals surface area contributed by atoms with Gasteiger partial charge >= 0.3 is 6.18 Å². The fraction of sp³-hybridized carbons (Fsp3) is 0.188. The van der Waals surface area contributed by atoms with Crippen LogP contribution in [-0.4, -0.2) is 13.6 Å². The summed E-state index contributed by atoms with van der Waals surface area (Å²) in [4.78, 5) is 10.4. The molecule has 0 saturated carbocycles. The first kappa shape index (κ1) is 15.9. The average Bonchev–Trinajstić information content (AvgIpc) is 2.51. The van der Waals surface area contributed by atoms with Gasteiger partial charge in [-0.25, -0.2) is 0 Å². The Kier molecular flexibility index (Phi) is 4.70. The van der Waals surface area contributed by atoms with Gasteiger partial charge in [-0.2, -0.15) is 13.2 Å². The number of alkyl halides is 3. The van der Waals surface area contributed by atoms with Crippen LogP contribution in [0.2, 0.25) is 0 Å². The number of carbonyl (C=O) groups is 1. The first-order valence-corrected chi connectivity index (χ1v) is 6.36. The van der Waals surface area contributed by atoms with Crippen LogP contribution in [-0.2, 0) is 22.3 Å². The molecule has 0 heterocycles. The van der Waals surface area contributed by atoms with E-state index >= 15 is 0 Å². The lowest BCUT2D eigenvalue weighted by Crippen LogP contribution is -2.07. The number of benzene rings is 2. The van der Waals surface area contributed by atoms with E-state index in [1.807, 2.05) is 0 Å². The lowest BCUT2D eigenvalue weighted by molar-refractivity contribution is -0.137. The second-order valence-corrected chi connectivity index (χ2v) is 4.48. The lowest BCUT2D eigenvalue weighted by Gasteiger charge is -2.15. The first-order chi connectivity index (χ1) is 10.5. The van der Waals surface area contributed by atoms with E-state index in [0.29, 0.717) is 16.9 Å². The van der Waals surface area contributed by atoms with E-state index in [2.05, 4.69) is 4.74 Å². The molecule has 0 aliphatic heterocycles. The second kappa shape index (κ2) is 6.51. The third kappa shape index (κ3) is 3.39. The molecule has 2 aromatic carbocycles. The minimum atomic E-state index is -4.46. The summed E-state index contributed by atoms with van der Waals surface area (Å²) in [7, 11) is 1.48. The lowest BCUT2D eigenvalue weighted by atomic mass is 9.97. The summed E-state index contributed by atoms with van der Waals surface area (Å²) in [6.07, 6.45) is -4.46. The van der Waals surface area contributed by atoms with E-state index in [4.69, 9.17) is 4.74 Å². The van der Waals surface area contributed by atoms with Crippen molar-refractivity contribution in [2.45, 2.75) is 12.8 Å². The third-order valence-electron chi connectivity index (χ3n) is 3.14. The number of halogens is 3. The maximum atomic E-state index is 12.8.